The molecule has 0 amide bonds. The molecule has 0 N–H and O–H groups in total. The van der Waals surface area contributed by atoms with Crippen LogP contribution in [0.1, 0.15) is 21.7 Å². The number of nitrogens with zero attached hydrogens (tertiary/aromatic N) is 3. The maximum absolute atomic E-state index is 12.5. The van der Waals surface area contributed by atoms with Gasteiger partial charge in [0.25, 0.3) is 0 Å². The van der Waals surface area contributed by atoms with E-state index in [2.05, 4.69) is 16.8 Å². The van der Waals surface area contributed by atoms with Crippen molar-refractivity contribution in [2.24, 2.45) is 0 Å². The quantitative estimate of drug-likeness (QED) is 0.282. The second kappa shape index (κ2) is 9.93. The fourth-order valence-electron chi connectivity index (χ4n) is 2.69. The first-order valence-electron chi connectivity index (χ1n) is 9.13. The summed E-state index contributed by atoms with van der Waals surface area (Å²) in [6, 6.07) is 14.9. The number of ketones is 1. The van der Waals surface area contributed by atoms with Crippen LogP contribution >= 0.6 is 11.8 Å². The lowest BCUT2D eigenvalue weighted by atomic mass is 10.1. The number of Topliss-reactive ketones (excluding diaryl/α,β-unsaturated/α-hetero) is 1. The number of hydrogen-bond donors (Lipinski definition) is 0. The largest absolute Gasteiger partial charge is 0.497 e. The van der Waals surface area contributed by atoms with Crippen molar-refractivity contribution in [3.05, 3.63) is 78.1 Å². The number of benzene rings is 2. The Kier molecular flexibility index (Phi) is 7.08. The topological polar surface area (TPSA) is 66.2 Å². The van der Waals surface area contributed by atoms with Gasteiger partial charge in [-0.3, -0.25) is 9.36 Å². The first-order chi connectivity index (χ1) is 14.1. The molecule has 0 aliphatic carbocycles. The molecule has 0 fully saturated rings. The third-order valence-corrected chi connectivity index (χ3v) is 5.17. The molecule has 0 aliphatic rings. The molecule has 0 saturated heterocycles. The molecule has 0 saturated carbocycles. The maximum atomic E-state index is 12.5. The van der Waals surface area contributed by atoms with E-state index in [4.69, 9.17) is 9.47 Å². The standard InChI is InChI=1S/C22H23N3O3S/c1-4-12-25-21(14-28-19-7-5-6-16(2)13-19)23-24-22(25)29-15-20(26)17-8-10-18(27-3)11-9-17/h4-11,13H,1,12,14-15H2,2-3H3. The summed E-state index contributed by atoms with van der Waals surface area (Å²) in [4.78, 5) is 12.5. The second-order valence-electron chi connectivity index (χ2n) is 6.34. The second-order valence-corrected chi connectivity index (χ2v) is 7.29. The Balaban J connectivity index is 1.65. The third-order valence-electron chi connectivity index (χ3n) is 4.21. The zero-order valence-corrected chi connectivity index (χ0v) is 17.3. The van der Waals surface area contributed by atoms with Crippen LogP contribution in [0.4, 0.5) is 0 Å². The summed E-state index contributed by atoms with van der Waals surface area (Å²) in [5.41, 5.74) is 1.76. The van der Waals surface area contributed by atoms with Crippen LogP contribution in [0.3, 0.4) is 0 Å². The van der Waals surface area contributed by atoms with Gasteiger partial charge in [0.15, 0.2) is 16.8 Å². The van der Waals surface area contributed by atoms with Crippen molar-refractivity contribution in [2.45, 2.75) is 25.2 Å². The fourth-order valence-corrected chi connectivity index (χ4v) is 3.55. The molecule has 0 radical (unpaired) electrons. The minimum Gasteiger partial charge on any atom is -0.497 e. The van der Waals surface area contributed by atoms with Gasteiger partial charge in [-0.25, -0.2) is 0 Å². The van der Waals surface area contributed by atoms with Crippen LogP contribution in [0.15, 0.2) is 66.3 Å². The predicted octanol–water partition coefficient (Wildman–Crippen LogP) is 4.34. The van der Waals surface area contributed by atoms with Crippen LogP contribution < -0.4 is 9.47 Å². The summed E-state index contributed by atoms with van der Waals surface area (Å²) in [6.45, 7) is 6.65. The van der Waals surface area contributed by atoms with Gasteiger partial charge >= 0.3 is 0 Å². The van der Waals surface area contributed by atoms with E-state index in [1.807, 2.05) is 35.8 Å². The number of carbonyl (C=O) groups excluding carboxylic acids is 1. The molecule has 2 aromatic carbocycles. The van der Waals surface area contributed by atoms with Gasteiger partial charge in [-0.1, -0.05) is 30.0 Å². The Labute approximate surface area is 174 Å². The molecule has 3 rings (SSSR count). The number of hydrogen-bond acceptors (Lipinski definition) is 6. The lowest BCUT2D eigenvalue weighted by Crippen LogP contribution is -2.09. The molecule has 0 bridgehead atoms. The molecule has 150 valence electrons. The number of allylic oxidation sites excluding steroid dienone is 1. The van der Waals surface area contributed by atoms with Gasteiger partial charge in [-0.05, 0) is 48.9 Å². The van der Waals surface area contributed by atoms with Gasteiger partial charge in [0.05, 0.1) is 12.9 Å². The minimum atomic E-state index is 0.0170. The zero-order valence-electron chi connectivity index (χ0n) is 16.5. The SMILES string of the molecule is C=CCn1c(COc2cccc(C)c2)nnc1SCC(=O)c1ccc(OC)cc1. The Hall–Kier alpha value is -3.06. The molecule has 0 spiro atoms. The van der Waals surface area contributed by atoms with Gasteiger partial charge in [-0.15, -0.1) is 16.8 Å². The van der Waals surface area contributed by atoms with Crippen LogP contribution in [-0.4, -0.2) is 33.4 Å². The number of aromatic nitrogens is 3. The molecule has 1 heterocycles. The van der Waals surface area contributed by atoms with E-state index in [-0.39, 0.29) is 18.1 Å². The highest BCUT2D eigenvalue weighted by Crippen LogP contribution is 2.21. The number of aryl methyl sites for hydroxylation is 1. The average molecular weight is 410 g/mol. The molecule has 6 nitrogen and oxygen atoms in total. The molecule has 7 heteroatoms. The van der Waals surface area contributed by atoms with E-state index in [1.165, 1.54) is 11.8 Å². The summed E-state index contributed by atoms with van der Waals surface area (Å²) < 4.78 is 12.9. The first kappa shape index (κ1) is 20.7. The van der Waals surface area contributed by atoms with E-state index in [9.17, 15) is 4.79 Å². The van der Waals surface area contributed by atoms with Gasteiger partial charge in [0.2, 0.25) is 0 Å². The fraction of sp³-hybridized carbons (Fsp3) is 0.227. The Morgan fingerprint density at radius 1 is 1.17 bits per heavy atom. The third kappa shape index (κ3) is 5.48. The summed E-state index contributed by atoms with van der Waals surface area (Å²) in [7, 11) is 1.60. The van der Waals surface area contributed by atoms with Gasteiger partial charge in [0, 0.05) is 12.1 Å². The Bertz CT molecular complexity index is 983. The van der Waals surface area contributed by atoms with Crippen molar-refractivity contribution in [1.82, 2.24) is 14.8 Å². The van der Waals surface area contributed by atoms with E-state index in [0.717, 1.165) is 17.1 Å². The van der Waals surface area contributed by atoms with E-state index >= 15 is 0 Å². The number of thioether (sulfide) groups is 1. The lowest BCUT2D eigenvalue weighted by molar-refractivity contribution is 0.102. The van der Waals surface area contributed by atoms with Gasteiger partial charge in [0.1, 0.15) is 18.1 Å². The van der Waals surface area contributed by atoms with Crippen molar-refractivity contribution < 1.29 is 14.3 Å². The van der Waals surface area contributed by atoms with E-state index < -0.39 is 0 Å². The van der Waals surface area contributed by atoms with Crippen molar-refractivity contribution >= 4 is 17.5 Å². The predicted molar refractivity (Wildman–Crippen MR) is 114 cm³/mol. The van der Waals surface area contributed by atoms with E-state index in [0.29, 0.717) is 23.1 Å². The Morgan fingerprint density at radius 2 is 1.97 bits per heavy atom. The highest BCUT2D eigenvalue weighted by Gasteiger charge is 2.15. The van der Waals surface area contributed by atoms with Crippen molar-refractivity contribution in [3.8, 4) is 11.5 Å². The summed E-state index contributed by atoms with van der Waals surface area (Å²) in [6.07, 6.45) is 1.77. The van der Waals surface area contributed by atoms with Crippen molar-refractivity contribution in [1.29, 1.82) is 0 Å². The summed E-state index contributed by atoms with van der Waals surface area (Å²) in [5.74, 6) is 2.47. The highest BCUT2D eigenvalue weighted by atomic mass is 32.2. The molecular weight excluding hydrogens is 386 g/mol. The normalized spacial score (nSPS) is 10.6. The summed E-state index contributed by atoms with van der Waals surface area (Å²) >= 11 is 1.35. The molecular formula is C22H23N3O3S. The molecule has 29 heavy (non-hydrogen) atoms. The Morgan fingerprint density at radius 3 is 2.66 bits per heavy atom. The monoisotopic (exact) mass is 409 g/mol. The van der Waals surface area contributed by atoms with E-state index in [1.54, 1.807) is 37.5 Å². The molecule has 1 aromatic heterocycles. The lowest BCUT2D eigenvalue weighted by Gasteiger charge is -2.09. The average Bonchev–Trinajstić information content (AvgIpc) is 3.12. The molecule has 3 aromatic rings. The minimum absolute atomic E-state index is 0.0170. The number of methoxy groups -OCH3 is 1. The number of rotatable bonds is 10. The van der Waals surface area contributed by atoms with Gasteiger partial charge < -0.3 is 9.47 Å². The maximum Gasteiger partial charge on any atom is 0.192 e. The van der Waals surface area contributed by atoms with Gasteiger partial charge in [-0.2, -0.15) is 0 Å². The number of carbonyl (C=O) groups is 1. The van der Waals surface area contributed by atoms with Crippen LogP contribution in [0.25, 0.3) is 0 Å². The van der Waals surface area contributed by atoms with Crippen LogP contribution in [0.5, 0.6) is 11.5 Å². The summed E-state index contributed by atoms with van der Waals surface area (Å²) in [5, 5.41) is 9.13. The first-order valence-corrected chi connectivity index (χ1v) is 10.1. The smallest absolute Gasteiger partial charge is 0.192 e. The van der Waals surface area contributed by atoms with Crippen LogP contribution in [0.2, 0.25) is 0 Å². The molecule has 0 aliphatic heterocycles. The van der Waals surface area contributed by atoms with Crippen molar-refractivity contribution in [2.75, 3.05) is 12.9 Å². The highest BCUT2D eigenvalue weighted by molar-refractivity contribution is 7.99. The van der Waals surface area contributed by atoms with Crippen molar-refractivity contribution in [3.63, 3.8) is 0 Å². The molecule has 0 unspecified atom stereocenters. The zero-order chi connectivity index (χ0) is 20.6. The number of ether oxygens (including phenoxy) is 2. The van der Waals surface area contributed by atoms with Crippen LogP contribution in [0, 0.1) is 6.92 Å². The van der Waals surface area contributed by atoms with Crippen LogP contribution in [-0.2, 0) is 13.2 Å². The molecule has 0 atom stereocenters.